The Morgan fingerprint density at radius 2 is 2.00 bits per heavy atom. The van der Waals surface area contributed by atoms with Crippen LogP contribution in [0.25, 0.3) is 11.0 Å². The highest BCUT2D eigenvalue weighted by Crippen LogP contribution is 2.36. The van der Waals surface area contributed by atoms with E-state index in [4.69, 9.17) is 0 Å². The summed E-state index contributed by atoms with van der Waals surface area (Å²) in [5.74, 6) is 0.210. The van der Waals surface area contributed by atoms with Crippen molar-refractivity contribution >= 4 is 22.8 Å². The second-order valence-electron chi connectivity index (χ2n) is 3.68. The second kappa shape index (κ2) is 4.23. The highest BCUT2D eigenvalue weighted by atomic mass is 32.2. The number of aromatic hydroxyl groups is 1. The lowest BCUT2D eigenvalue weighted by Gasteiger charge is -2.01. The van der Waals surface area contributed by atoms with Gasteiger partial charge in [-0.05, 0) is 12.1 Å². The topological polar surface area (TPSA) is 81.8 Å². The number of hydrogen-bond acceptors (Lipinski definition) is 4. The average Bonchev–Trinajstić information content (AvgIpc) is 2.77. The fraction of sp³-hybridized carbons (Fsp3) is 0. The number of H-pyrrole nitrogens is 2. The van der Waals surface area contributed by atoms with E-state index in [-0.39, 0.29) is 11.3 Å². The Bertz CT molecular complexity index is 763. The molecule has 0 aliphatic heterocycles. The molecular formula is C12H9N3O2S. The molecule has 0 aliphatic rings. The zero-order chi connectivity index (χ0) is 12.5. The van der Waals surface area contributed by atoms with Gasteiger partial charge in [-0.2, -0.15) is 0 Å². The van der Waals surface area contributed by atoms with Gasteiger partial charge in [-0.15, -0.1) is 0 Å². The molecule has 0 radical (unpaired) electrons. The molecule has 0 saturated carbocycles. The van der Waals surface area contributed by atoms with Crippen LogP contribution >= 0.6 is 11.8 Å². The molecule has 0 saturated heterocycles. The monoisotopic (exact) mass is 259 g/mol. The average molecular weight is 259 g/mol. The van der Waals surface area contributed by atoms with Gasteiger partial charge in [-0.25, -0.2) is 4.98 Å². The number of aromatic nitrogens is 3. The molecule has 0 amide bonds. The third-order valence-corrected chi connectivity index (χ3v) is 3.62. The van der Waals surface area contributed by atoms with Crippen molar-refractivity contribution in [3.05, 3.63) is 47.1 Å². The number of fused-ring (bicyclic) bond motifs is 1. The number of rotatable bonds is 2. The van der Waals surface area contributed by atoms with Crippen molar-refractivity contribution in [2.24, 2.45) is 0 Å². The maximum Gasteiger partial charge on any atom is 0.275 e. The summed E-state index contributed by atoms with van der Waals surface area (Å²) in [5, 5.41) is 9.72. The van der Waals surface area contributed by atoms with Gasteiger partial charge in [0.1, 0.15) is 16.8 Å². The van der Waals surface area contributed by atoms with Crippen LogP contribution in [0.15, 0.2) is 51.4 Å². The Hall–Kier alpha value is -2.21. The molecule has 0 bridgehead atoms. The Morgan fingerprint density at radius 3 is 2.83 bits per heavy atom. The largest absolute Gasteiger partial charge is 0.507 e. The van der Waals surface area contributed by atoms with Gasteiger partial charge >= 0.3 is 0 Å². The number of phenolic OH excluding ortho intramolecular Hbond substituents is 1. The Balaban J connectivity index is 2.09. The quantitative estimate of drug-likeness (QED) is 0.658. The third kappa shape index (κ3) is 1.76. The second-order valence-corrected chi connectivity index (χ2v) is 4.76. The van der Waals surface area contributed by atoms with E-state index < -0.39 is 0 Å². The lowest BCUT2D eigenvalue weighted by atomic mass is 10.3. The van der Waals surface area contributed by atoms with Crippen molar-refractivity contribution < 1.29 is 5.11 Å². The van der Waals surface area contributed by atoms with Crippen molar-refractivity contribution in [1.29, 1.82) is 0 Å². The zero-order valence-electron chi connectivity index (χ0n) is 9.18. The van der Waals surface area contributed by atoms with Gasteiger partial charge in [0.2, 0.25) is 0 Å². The van der Waals surface area contributed by atoms with E-state index >= 15 is 0 Å². The molecule has 18 heavy (non-hydrogen) atoms. The molecular weight excluding hydrogens is 250 g/mol. The summed E-state index contributed by atoms with van der Waals surface area (Å²) in [6.07, 6.45) is 3.08. The van der Waals surface area contributed by atoms with Gasteiger partial charge in [-0.1, -0.05) is 23.9 Å². The van der Waals surface area contributed by atoms with Crippen LogP contribution in [-0.2, 0) is 0 Å². The molecule has 0 unspecified atom stereocenters. The van der Waals surface area contributed by atoms with Crippen LogP contribution in [0, 0.1) is 0 Å². The normalized spacial score (nSPS) is 10.9. The van der Waals surface area contributed by atoms with Crippen LogP contribution in [0.5, 0.6) is 5.75 Å². The number of nitrogens with zero attached hydrogens (tertiary/aromatic N) is 1. The van der Waals surface area contributed by atoms with E-state index in [0.29, 0.717) is 11.0 Å². The number of phenols is 1. The summed E-state index contributed by atoms with van der Waals surface area (Å²) < 4.78 is 0. The SMILES string of the molecule is O=c1[nH]cnc2c(Sc3ccccc3O)c[nH]c12. The molecule has 3 aromatic rings. The highest BCUT2D eigenvalue weighted by molar-refractivity contribution is 7.99. The number of hydrogen-bond donors (Lipinski definition) is 3. The number of nitrogens with one attached hydrogen (secondary N) is 2. The van der Waals surface area contributed by atoms with Gasteiger partial charge in [0, 0.05) is 6.20 Å². The van der Waals surface area contributed by atoms with Crippen LogP contribution in [0.1, 0.15) is 0 Å². The Morgan fingerprint density at radius 1 is 1.17 bits per heavy atom. The lowest BCUT2D eigenvalue weighted by molar-refractivity contribution is 0.462. The van der Waals surface area contributed by atoms with E-state index in [9.17, 15) is 9.90 Å². The van der Waals surface area contributed by atoms with Crippen molar-refractivity contribution in [2.45, 2.75) is 9.79 Å². The van der Waals surface area contributed by atoms with E-state index in [1.807, 2.05) is 12.1 Å². The van der Waals surface area contributed by atoms with Gasteiger partial charge in [0.25, 0.3) is 5.56 Å². The summed E-state index contributed by atoms with van der Waals surface area (Å²) in [6, 6.07) is 7.04. The first-order valence-corrected chi connectivity index (χ1v) is 6.08. The summed E-state index contributed by atoms with van der Waals surface area (Å²) in [4.78, 5) is 22.6. The number of para-hydroxylation sites is 1. The molecule has 0 fully saturated rings. The van der Waals surface area contributed by atoms with Gasteiger partial charge in [0.05, 0.1) is 16.1 Å². The van der Waals surface area contributed by atoms with E-state index in [1.54, 1.807) is 18.3 Å². The summed E-state index contributed by atoms with van der Waals surface area (Å²) in [7, 11) is 0. The minimum absolute atomic E-state index is 0.205. The fourth-order valence-electron chi connectivity index (χ4n) is 1.67. The molecule has 2 aromatic heterocycles. The highest BCUT2D eigenvalue weighted by Gasteiger charge is 2.10. The van der Waals surface area contributed by atoms with Crippen molar-refractivity contribution in [2.75, 3.05) is 0 Å². The molecule has 5 nitrogen and oxygen atoms in total. The number of aromatic amines is 2. The van der Waals surface area contributed by atoms with E-state index in [0.717, 1.165) is 9.79 Å². The first-order chi connectivity index (χ1) is 8.75. The van der Waals surface area contributed by atoms with E-state index in [2.05, 4.69) is 15.0 Å². The van der Waals surface area contributed by atoms with Crippen molar-refractivity contribution in [1.82, 2.24) is 15.0 Å². The molecule has 3 rings (SSSR count). The first kappa shape index (κ1) is 10.9. The molecule has 3 N–H and O–H groups in total. The smallest absolute Gasteiger partial charge is 0.275 e. The van der Waals surface area contributed by atoms with Crippen LogP contribution < -0.4 is 5.56 Å². The Kier molecular flexibility index (Phi) is 2.56. The van der Waals surface area contributed by atoms with E-state index in [1.165, 1.54) is 18.1 Å². The van der Waals surface area contributed by atoms with Gasteiger partial charge in [0.15, 0.2) is 0 Å². The van der Waals surface area contributed by atoms with Crippen LogP contribution in [0.4, 0.5) is 0 Å². The molecule has 6 heteroatoms. The number of benzene rings is 1. The summed E-state index contributed by atoms with van der Waals surface area (Å²) in [6.45, 7) is 0. The predicted octanol–water partition coefficient (Wildman–Crippen LogP) is 2.11. The van der Waals surface area contributed by atoms with Gasteiger partial charge in [-0.3, -0.25) is 4.79 Å². The molecule has 1 aromatic carbocycles. The summed E-state index contributed by atoms with van der Waals surface area (Å²) >= 11 is 1.36. The van der Waals surface area contributed by atoms with Crippen molar-refractivity contribution in [3.63, 3.8) is 0 Å². The molecule has 0 atom stereocenters. The zero-order valence-corrected chi connectivity index (χ0v) is 9.99. The van der Waals surface area contributed by atoms with Crippen LogP contribution in [-0.4, -0.2) is 20.1 Å². The van der Waals surface area contributed by atoms with Gasteiger partial charge < -0.3 is 15.1 Å². The maximum atomic E-state index is 11.5. The minimum Gasteiger partial charge on any atom is -0.507 e. The standard InChI is InChI=1S/C12H9N3O2S/c16-7-3-1-2-4-8(7)18-9-5-13-11-10(9)14-6-15-12(11)17/h1-6,13,16H,(H,14,15,17). The lowest BCUT2D eigenvalue weighted by Crippen LogP contribution is -2.05. The van der Waals surface area contributed by atoms with Crippen LogP contribution in [0.3, 0.4) is 0 Å². The van der Waals surface area contributed by atoms with Crippen LogP contribution in [0.2, 0.25) is 0 Å². The maximum absolute atomic E-state index is 11.5. The fourth-order valence-corrected chi connectivity index (χ4v) is 2.59. The first-order valence-electron chi connectivity index (χ1n) is 5.26. The molecule has 0 spiro atoms. The molecule has 90 valence electrons. The molecule has 0 aliphatic carbocycles. The minimum atomic E-state index is -0.205. The predicted molar refractivity (Wildman–Crippen MR) is 68.9 cm³/mol. The molecule has 2 heterocycles. The van der Waals surface area contributed by atoms with Crippen molar-refractivity contribution in [3.8, 4) is 5.75 Å². The summed E-state index contributed by atoms with van der Waals surface area (Å²) in [5.41, 5.74) is 0.839. The Labute approximate surface area is 106 Å². The third-order valence-electron chi connectivity index (χ3n) is 2.52.